The quantitative estimate of drug-likeness (QED) is 0.584. The van der Waals surface area contributed by atoms with Crippen LogP contribution >= 0.6 is 11.8 Å². The highest BCUT2D eigenvalue weighted by atomic mass is 32.2. The SMILES string of the molecule is CSc1nc(-c2ccco2)nc(C)c1C(=O)NCC12CC3CC(CC(C3)C1)C2. The standard InChI is InChI=1S/C22H27N3O2S/c1-13-18(21(28-2)25-19(24-13)17-4-3-5-27-17)20(26)23-12-22-9-14-6-15(10-22)8-16(7-14)11-22/h3-5,14-16H,6-12H2,1-2H3,(H,23,26). The van der Waals surface area contributed by atoms with Crippen LogP contribution in [0, 0.1) is 30.1 Å². The van der Waals surface area contributed by atoms with Gasteiger partial charge in [-0.2, -0.15) is 0 Å². The number of furan rings is 1. The summed E-state index contributed by atoms with van der Waals surface area (Å²) in [5.74, 6) is 3.79. The molecule has 28 heavy (non-hydrogen) atoms. The zero-order valence-corrected chi connectivity index (χ0v) is 17.3. The van der Waals surface area contributed by atoms with E-state index in [1.807, 2.05) is 25.3 Å². The summed E-state index contributed by atoms with van der Waals surface area (Å²) in [4.78, 5) is 22.2. The fourth-order valence-corrected chi connectivity index (χ4v) is 6.96. The minimum Gasteiger partial charge on any atom is -0.461 e. The van der Waals surface area contributed by atoms with E-state index in [0.29, 0.717) is 33.3 Å². The molecule has 4 aliphatic carbocycles. The molecular weight excluding hydrogens is 370 g/mol. The molecule has 2 aromatic rings. The van der Waals surface area contributed by atoms with Gasteiger partial charge in [0.05, 0.1) is 17.5 Å². The Morgan fingerprint density at radius 1 is 1.21 bits per heavy atom. The predicted octanol–water partition coefficient (Wildman–Crippen LogP) is 4.71. The van der Waals surface area contributed by atoms with Crippen LogP contribution in [0.4, 0.5) is 0 Å². The number of hydrogen-bond acceptors (Lipinski definition) is 5. The first kappa shape index (κ1) is 18.2. The van der Waals surface area contributed by atoms with Crippen molar-refractivity contribution in [2.24, 2.45) is 23.2 Å². The van der Waals surface area contributed by atoms with Crippen molar-refractivity contribution in [3.63, 3.8) is 0 Å². The van der Waals surface area contributed by atoms with E-state index in [2.05, 4.69) is 15.3 Å². The number of carbonyl (C=O) groups is 1. The Hall–Kier alpha value is -1.82. The van der Waals surface area contributed by atoms with Crippen molar-refractivity contribution in [2.45, 2.75) is 50.5 Å². The molecule has 1 amide bonds. The maximum absolute atomic E-state index is 13.1. The Balaban J connectivity index is 1.35. The molecule has 4 aliphatic rings. The molecule has 2 heterocycles. The lowest BCUT2D eigenvalue weighted by atomic mass is 9.49. The van der Waals surface area contributed by atoms with Crippen molar-refractivity contribution in [3.05, 3.63) is 29.7 Å². The Kier molecular flexibility index (Phi) is 4.49. The highest BCUT2D eigenvalue weighted by Crippen LogP contribution is 2.59. The topological polar surface area (TPSA) is 68.0 Å². The minimum atomic E-state index is -0.0383. The number of nitrogens with one attached hydrogen (secondary N) is 1. The van der Waals surface area contributed by atoms with Gasteiger partial charge in [-0.3, -0.25) is 4.79 Å². The van der Waals surface area contributed by atoms with Gasteiger partial charge < -0.3 is 9.73 Å². The number of aromatic nitrogens is 2. The number of hydrogen-bond donors (Lipinski definition) is 1. The fourth-order valence-electron chi connectivity index (χ4n) is 6.33. The van der Waals surface area contributed by atoms with Crippen LogP contribution in [0.25, 0.3) is 11.6 Å². The molecule has 5 nitrogen and oxygen atoms in total. The van der Waals surface area contributed by atoms with E-state index in [9.17, 15) is 4.79 Å². The minimum absolute atomic E-state index is 0.0383. The highest BCUT2D eigenvalue weighted by Gasteiger charge is 2.50. The van der Waals surface area contributed by atoms with E-state index in [1.54, 1.807) is 6.26 Å². The number of nitrogens with zero attached hydrogens (tertiary/aromatic N) is 2. The molecule has 4 fully saturated rings. The Labute approximate surface area is 170 Å². The summed E-state index contributed by atoms with van der Waals surface area (Å²) in [5, 5.41) is 3.98. The lowest BCUT2D eigenvalue weighted by molar-refractivity contribution is -0.0503. The molecule has 0 spiro atoms. The first-order chi connectivity index (χ1) is 13.5. The normalized spacial score (nSPS) is 30.6. The lowest BCUT2D eigenvalue weighted by Crippen LogP contribution is -2.51. The van der Waals surface area contributed by atoms with Crippen LogP contribution in [0.1, 0.15) is 54.6 Å². The van der Waals surface area contributed by atoms with Gasteiger partial charge in [0.25, 0.3) is 5.91 Å². The summed E-state index contributed by atoms with van der Waals surface area (Å²) in [6.07, 6.45) is 11.7. The molecular formula is C22H27N3O2S. The molecule has 2 aromatic heterocycles. The van der Waals surface area contributed by atoms with Gasteiger partial charge in [-0.05, 0) is 87.0 Å². The number of aryl methyl sites for hydroxylation is 1. The second kappa shape index (κ2) is 6.90. The summed E-state index contributed by atoms with van der Waals surface area (Å²) in [6.45, 7) is 2.68. The molecule has 0 unspecified atom stereocenters. The third-order valence-corrected chi connectivity index (χ3v) is 7.69. The summed E-state index contributed by atoms with van der Waals surface area (Å²) < 4.78 is 5.42. The molecule has 0 aliphatic heterocycles. The highest BCUT2D eigenvalue weighted by molar-refractivity contribution is 7.98. The largest absolute Gasteiger partial charge is 0.461 e. The van der Waals surface area contributed by atoms with E-state index >= 15 is 0 Å². The van der Waals surface area contributed by atoms with E-state index in [-0.39, 0.29) is 5.91 Å². The van der Waals surface area contributed by atoms with Crippen molar-refractivity contribution >= 4 is 17.7 Å². The maximum Gasteiger partial charge on any atom is 0.255 e. The molecule has 0 radical (unpaired) electrons. The van der Waals surface area contributed by atoms with Gasteiger partial charge in [-0.15, -0.1) is 11.8 Å². The summed E-state index contributed by atoms with van der Waals surface area (Å²) in [5.41, 5.74) is 1.63. The van der Waals surface area contributed by atoms with E-state index in [0.717, 1.165) is 24.3 Å². The number of carbonyl (C=O) groups excluding carboxylic acids is 1. The maximum atomic E-state index is 13.1. The first-order valence-corrected chi connectivity index (χ1v) is 11.5. The molecule has 1 N–H and O–H groups in total. The second-order valence-corrected chi connectivity index (χ2v) is 9.89. The Bertz CT molecular complexity index is 858. The average Bonchev–Trinajstić information content (AvgIpc) is 3.19. The number of amides is 1. The fraction of sp³-hybridized carbons (Fsp3) is 0.591. The van der Waals surface area contributed by atoms with Crippen molar-refractivity contribution in [3.8, 4) is 11.6 Å². The van der Waals surface area contributed by atoms with E-state index in [1.165, 1.54) is 50.3 Å². The molecule has 6 rings (SSSR count). The van der Waals surface area contributed by atoms with E-state index in [4.69, 9.17) is 4.42 Å². The molecule has 4 saturated carbocycles. The molecule has 4 bridgehead atoms. The monoisotopic (exact) mass is 397 g/mol. The van der Waals surface area contributed by atoms with Gasteiger partial charge in [0.15, 0.2) is 11.6 Å². The lowest BCUT2D eigenvalue weighted by Gasteiger charge is -2.56. The van der Waals surface area contributed by atoms with E-state index < -0.39 is 0 Å². The van der Waals surface area contributed by atoms with Gasteiger partial charge in [0, 0.05) is 6.54 Å². The molecule has 0 aromatic carbocycles. The van der Waals surface area contributed by atoms with Gasteiger partial charge in [0.1, 0.15) is 5.03 Å². The van der Waals surface area contributed by atoms with Gasteiger partial charge >= 0.3 is 0 Å². The van der Waals surface area contributed by atoms with Crippen LogP contribution in [-0.2, 0) is 0 Å². The van der Waals surface area contributed by atoms with Crippen LogP contribution in [0.2, 0.25) is 0 Å². The Morgan fingerprint density at radius 3 is 2.46 bits per heavy atom. The van der Waals surface area contributed by atoms with Gasteiger partial charge in [-0.25, -0.2) is 9.97 Å². The summed E-state index contributed by atoms with van der Waals surface area (Å²) in [7, 11) is 0. The zero-order chi connectivity index (χ0) is 19.3. The van der Waals surface area contributed by atoms with Crippen molar-refractivity contribution in [1.29, 1.82) is 0 Å². The van der Waals surface area contributed by atoms with Crippen molar-refractivity contribution in [1.82, 2.24) is 15.3 Å². The van der Waals surface area contributed by atoms with Crippen LogP contribution in [0.5, 0.6) is 0 Å². The van der Waals surface area contributed by atoms with Crippen LogP contribution in [0.15, 0.2) is 27.8 Å². The molecule has 0 atom stereocenters. The van der Waals surface area contributed by atoms with Gasteiger partial charge in [0.2, 0.25) is 0 Å². The third kappa shape index (κ3) is 3.15. The predicted molar refractivity (Wildman–Crippen MR) is 109 cm³/mol. The van der Waals surface area contributed by atoms with Crippen LogP contribution in [0.3, 0.4) is 0 Å². The van der Waals surface area contributed by atoms with Gasteiger partial charge in [-0.1, -0.05) is 0 Å². The molecule has 148 valence electrons. The molecule has 6 heteroatoms. The summed E-state index contributed by atoms with van der Waals surface area (Å²) in [6, 6.07) is 3.66. The smallest absolute Gasteiger partial charge is 0.255 e. The first-order valence-electron chi connectivity index (χ1n) is 10.3. The average molecular weight is 398 g/mol. The number of thioether (sulfide) groups is 1. The van der Waals surface area contributed by atoms with Crippen molar-refractivity contribution < 1.29 is 9.21 Å². The zero-order valence-electron chi connectivity index (χ0n) is 16.5. The summed E-state index contributed by atoms with van der Waals surface area (Å²) >= 11 is 1.48. The second-order valence-electron chi connectivity index (χ2n) is 9.09. The Morgan fingerprint density at radius 2 is 1.89 bits per heavy atom. The third-order valence-electron chi connectivity index (χ3n) is 7.01. The van der Waals surface area contributed by atoms with Crippen LogP contribution < -0.4 is 5.32 Å². The van der Waals surface area contributed by atoms with Crippen molar-refractivity contribution in [2.75, 3.05) is 12.8 Å². The van der Waals surface area contributed by atoms with Crippen LogP contribution in [-0.4, -0.2) is 28.7 Å². The molecule has 0 saturated heterocycles. The number of rotatable bonds is 5.